The number of hydrogen-bond donors (Lipinski definition) is 3. The van der Waals surface area contributed by atoms with Gasteiger partial charge < -0.3 is 15.4 Å². The summed E-state index contributed by atoms with van der Waals surface area (Å²) in [5, 5.41) is 6.90. The van der Waals surface area contributed by atoms with Crippen molar-refractivity contribution in [2.24, 2.45) is 4.99 Å². The first-order valence-electron chi connectivity index (χ1n) is 10.2. The molecule has 1 aliphatic carbocycles. The highest BCUT2D eigenvalue weighted by Crippen LogP contribution is 2.46. The molecule has 2 aliphatic rings. The first-order chi connectivity index (χ1) is 13.4. The predicted molar refractivity (Wildman–Crippen MR) is 112 cm³/mol. The van der Waals surface area contributed by atoms with Crippen molar-refractivity contribution in [1.82, 2.24) is 15.4 Å². The molecule has 3 rings (SSSR count). The summed E-state index contributed by atoms with van der Waals surface area (Å²) in [6.07, 6.45) is 7.40. The van der Waals surface area contributed by atoms with Crippen molar-refractivity contribution < 1.29 is 13.2 Å². The number of aliphatic imine (C=N–C) groups is 1. The third-order valence-corrected chi connectivity index (χ3v) is 6.06. The van der Waals surface area contributed by atoms with Crippen molar-refractivity contribution in [3.8, 4) is 5.75 Å². The van der Waals surface area contributed by atoms with E-state index < -0.39 is 10.0 Å². The molecule has 1 atom stereocenters. The van der Waals surface area contributed by atoms with Gasteiger partial charge in [-0.15, -0.1) is 0 Å². The normalized spacial score (nSPS) is 21.2. The molecule has 8 heteroatoms. The fourth-order valence-electron chi connectivity index (χ4n) is 4.09. The van der Waals surface area contributed by atoms with Crippen LogP contribution in [-0.2, 0) is 10.0 Å². The van der Waals surface area contributed by atoms with Gasteiger partial charge in [-0.25, -0.2) is 13.1 Å². The number of para-hydroxylation sites is 1. The van der Waals surface area contributed by atoms with Crippen LogP contribution < -0.4 is 20.1 Å². The average Bonchev–Trinajstić information content (AvgIpc) is 3.08. The maximum Gasteiger partial charge on any atom is 0.208 e. The second kappa shape index (κ2) is 9.13. The van der Waals surface area contributed by atoms with Crippen molar-refractivity contribution >= 4 is 16.0 Å². The Kier molecular flexibility index (Phi) is 6.82. The third kappa shape index (κ3) is 5.61. The van der Waals surface area contributed by atoms with E-state index >= 15 is 0 Å². The molecule has 1 aliphatic heterocycles. The molecule has 1 heterocycles. The number of ether oxygens (including phenoxy) is 1. The van der Waals surface area contributed by atoms with Crippen LogP contribution in [0.4, 0.5) is 0 Å². The van der Waals surface area contributed by atoms with Crippen LogP contribution in [-0.4, -0.2) is 45.9 Å². The highest BCUT2D eigenvalue weighted by molar-refractivity contribution is 7.88. The van der Waals surface area contributed by atoms with E-state index in [1.54, 1.807) is 0 Å². The summed E-state index contributed by atoms with van der Waals surface area (Å²) in [6, 6.07) is 8.40. The number of nitrogens with zero attached hydrogens (tertiary/aromatic N) is 1. The van der Waals surface area contributed by atoms with E-state index in [9.17, 15) is 8.42 Å². The Bertz CT molecular complexity index is 788. The number of rotatable bonds is 7. The highest BCUT2D eigenvalue weighted by atomic mass is 32.2. The molecule has 3 N–H and O–H groups in total. The lowest BCUT2D eigenvalue weighted by molar-refractivity contribution is 0.0396. The summed E-state index contributed by atoms with van der Waals surface area (Å²) in [4.78, 5) is 4.63. The fraction of sp³-hybridized carbons (Fsp3) is 0.650. The molecule has 28 heavy (non-hydrogen) atoms. The summed E-state index contributed by atoms with van der Waals surface area (Å²) >= 11 is 0. The van der Waals surface area contributed by atoms with Crippen LogP contribution in [0.1, 0.15) is 57.1 Å². The minimum Gasteiger partial charge on any atom is -0.487 e. The molecule has 0 bridgehead atoms. The molecular weight excluding hydrogens is 376 g/mol. The Balaban J connectivity index is 1.68. The summed E-state index contributed by atoms with van der Waals surface area (Å²) in [7, 11) is -3.15. The number of sulfonamides is 1. The molecule has 1 saturated carbocycles. The predicted octanol–water partition coefficient (Wildman–Crippen LogP) is 2.32. The smallest absolute Gasteiger partial charge is 0.208 e. The van der Waals surface area contributed by atoms with Crippen molar-refractivity contribution in [1.29, 1.82) is 0 Å². The molecule has 0 radical (unpaired) electrons. The van der Waals surface area contributed by atoms with Gasteiger partial charge in [0.2, 0.25) is 10.0 Å². The summed E-state index contributed by atoms with van der Waals surface area (Å²) < 4.78 is 31.2. The van der Waals surface area contributed by atoms with Gasteiger partial charge in [0.25, 0.3) is 0 Å². The van der Waals surface area contributed by atoms with E-state index in [1.807, 2.05) is 19.1 Å². The first-order valence-corrected chi connectivity index (χ1v) is 12.1. The van der Waals surface area contributed by atoms with Crippen LogP contribution in [0.3, 0.4) is 0 Å². The maximum absolute atomic E-state index is 11.1. The number of guanidine groups is 1. The van der Waals surface area contributed by atoms with Crippen molar-refractivity contribution in [2.75, 3.05) is 25.9 Å². The van der Waals surface area contributed by atoms with Gasteiger partial charge in [0.1, 0.15) is 11.4 Å². The van der Waals surface area contributed by atoms with E-state index in [0.717, 1.165) is 37.5 Å². The van der Waals surface area contributed by atoms with Gasteiger partial charge in [-0.1, -0.05) is 18.2 Å². The molecule has 1 aromatic rings. The number of hydrogen-bond acceptors (Lipinski definition) is 4. The number of nitrogens with one attached hydrogen (secondary N) is 3. The molecule has 0 saturated heterocycles. The van der Waals surface area contributed by atoms with E-state index in [4.69, 9.17) is 4.74 Å². The van der Waals surface area contributed by atoms with Gasteiger partial charge in [0.05, 0.1) is 12.3 Å². The molecule has 1 spiro atoms. The first kappa shape index (κ1) is 20.9. The number of benzene rings is 1. The third-order valence-electron chi connectivity index (χ3n) is 5.34. The van der Waals surface area contributed by atoms with E-state index in [2.05, 4.69) is 32.5 Å². The van der Waals surface area contributed by atoms with Crippen molar-refractivity contribution in [2.45, 2.75) is 57.1 Å². The second-order valence-corrected chi connectivity index (χ2v) is 9.54. The Morgan fingerprint density at radius 2 is 2.04 bits per heavy atom. The van der Waals surface area contributed by atoms with Crippen molar-refractivity contribution in [3.63, 3.8) is 0 Å². The average molecular weight is 409 g/mol. The van der Waals surface area contributed by atoms with Gasteiger partial charge in [0.15, 0.2) is 5.96 Å². The zero-order valence-corrected chi connectivity index (χ0v) is 17.6. The SMILES string of the molecule is CCNC(=NCCCNS(C)(=O)=O)NC1CC2(CCCC2)Oc2ccccc21. The maximum atomic E-state index is 11.1. The zero-order valence-electron chi connectivity index (χ0n) is 16.8. The van der Waals surface area contributed by atoms with Crippen LogP contribution in [0.5, 0.6) is 5.75 Å². The van der Waals surface area contributed by atoms with Gasteiger partial charge >= 0.3 is 0 Å². The Hall–Kier alpha value is -1.80. The quantitative estimate of drug-likeness (QED) is 0.366. The van der Waals surface area contributed by atoms with Gasteiger partial charge in [-0.3, -0.25) is 4.99 Å². The fourth-order valence-corrected chi connectivity index (χ4v) is 4.60. The largest absolute Gasteiger partial charge is 0.487 e. The summed E-state index contributed by atoms with van der Waals surface area (Å²) in [6.45, 7) is 3.75. The topological polar surface area (TPSA) is 91.8 Å². The summed E-state index contributed by atoms with van der Waals surface area (Å²) in [5.41, 5.74) is 1.10. The molecule has 1 aromatic carbocycles. The number of fused-ring (bicyclic) bond motifs is 1. The van der Waals surface area contributed by atoms with Gasteiger partial charge in [0, 0.05) is 31.6 Å². The van der Waals surface area contributed by atoms with Crippen LogP contribution >= 0.6 is 0 Å². The van der Waals surface area contributed by atoms with E-state index in [-0.39, 0.29) is 11.6 Å². The lowest BCUT2D eigenvalue weighted by Crippen LogP contribution is -2.46. The molecular formula is C20H32N4O3S. The van der Waals surface area contributed by atoms with Crippen LogP contribution in [0, 0.1) is 0 Å². The van der Waals surface area contributed by atoms with Crippen LogP contribution in [0.25, 0.3) is 0 Å². The molecule has 0 amide bonds. The van der Waals surface area contributed by atoms with Crippen molar-refractivity contribution in [3.05, 3.63) is 29.8 Å². The minimum atomic E-state index is -3.15. The van der Waals surface area contributed by atoms with E-state index in [1.165, 1.54) is 24.7 Å². The molecule has 0 aromatic heterocycles. The lowest BCUT2D eigenvalue weighted by atomic mass is 9.86. The highest BCUT2D eigenvalue weighted by Gasteiger charge is 2.43. The van der Waals surface area contributed by atoms with Gasteiger partial charge in [-0.2, -0.15) is 0 Å². The van der Waals surface area contributed by atoms with Crippen LogP contribution in [0.2, 0.25) is 0 Å². The monoisotopic (exact) mass is 408 g/mol. The molecule has 7 nitrogen and oxygen atoms in total. The minimum absolute atomic E-state index is 0.0667. The Morgan fingerprint density at radius 3 is 2.75 bits per heavy atom. The van der Waals surface area contributed by atoms with Crippen LogP contribution in [0.15, 0.2) is 29.3 Å². The second-order valence-electron chi connectivity index (χ2n) is 7.71. The lowest BCUT2D eigenvalue weighted by Gasteiger charge is -2.40. The Morgan fingerprint density at radius 1 is 1.29 bits per heavy atom. The molecule has 1 unspecified atom stereocenters. The standard InChI is InChI=1S/C20H32N4O3S/c1-3-21-19(22-13-8-14-23-28(2,25)26)24-17-15-20(11-6-7-12-20)27-18-10-5-4-9-16(17)18/h4-5,9-10,17,23H,3,6-8,11-15H2,1-2H3,(H2,21,22,24). The Labute approximate surface area is 168 Å². The zero-order chi connectivity index (χ0) is 20.0. The summed E-state index contributed by atoms with van der Waals surface area (Å²) in [5.74, 6) is 1.73. The molecule has 156 valence electrons. The van der Waals surface area contributed by atoms with Gasteiger partial charge in [-0.05, 0) is 45.1 Å². The molecule has 1 fully saturated rings. The van der Waals surface area contributed by atoms with E-state index in [0.29, 0.717) is 19.5 Å².